The van der Waals surface area contributed by atoms with Gasteiger partial charge in [-0.15, -0.1) is 11.3 Å². The number of amides is 4. The van der Waals surface area contributed by atoms with E-state index < -0.39 is 35.9 Å². The summed E-state index contributed by atoms with van der Waals surface area (Å²) in [7, 11) is 1.24. The third-order valence-corrected chi connectivity index (χ3v) is 7.18. The van der Waals surface area contributed by atoms with Crippen LogP contribution < -0.4 is 10.6 Å². The number of nitrogens with one attached hydrogen (secondary N) is 2. The fraction of sp³-hybridized carbons (Fsp3) is 0.458. The van der Waals surface area contributed by atoms with Gasteiger partial charge in [-0.3, -0.25) is 9.59 Å². The highest BCUT2D eigenvalue weighted by Gasteiger charge is 2.45. The van der Waals surface area contributed by atoms with Crippen LogP contribution in [0.2, 0.25) is 0 Å². The van der Waals surface area contributed by atoms with E-state index in [0.29, 0.717) is 12.0 Å². The number of esters is 1. The molecule has 2 aliphatic rings. The molecule has 1 saturated heterocycles. The maximum atomic E-state index is 13.4. The van der Waals surface area contributed by atoms with Crippen molar-refractivity contribution in [2.75, 3.05) is 12.4 Å². The molecule has 2 fully saturated rings. The van der Waals surface area contributed by atoms with Crippen molar-refractivity contribution < 1.29 is 29.0 Å². The third-order valence-electron chi connectivity index (χ3n) is 6.43. The summed E-state index contributed by atoms with van der Waals surface area (Å²) in [5.41, 5.74) is 0.759. The second-order valence-electron chi connectivity index (χ2n) is 8.86. The molecule has 2 unspecified atom stereocenters. The van der Waals surface area contributed by atoms with Crippen molar-refractivity contribution in [1.29, 1.82) is 0 Å². The number of thiazole rings is 1. The number of phenolic OH excluding ortho intramolecular Hbond substituents is 1. The summed E-state index contributed by atoms with van der Waals surface area (Å²) in [6, 6.07) is 4.03. The first-order valence-electron chi connectivity index (χ1n) is 11.6. The number of ether oxygens (including phenoxy) is 1. The summed E-state index contributed by atoms with van der Waals surface area (Å²) < 4.78 is 4.65. The van der Waals surface area contributed by atoms with Crippen LogP contribution in [0.25, 0.3) is 0 Å². The van der Waals surface area contributed by atoms with Crippen LogP contribution in [0.3, 0.4) is 0 Å². The molecular weight excluding hydrogens is 472 g/mol. The number of aromatic nitrogens is 1. The molecule has 35 heavy (non-hydrogen) atoms. The second kappa shape index (κ2) is 10.9. The molecule has 0 radical (unpaired) electrons. The monoisotopic (exact) mass is 500 g/mol. The third kappa shape index (κ3) is 5.79. The van der Waals surface area contributed by atoms with Crippen LogP contribution in [0, 0.1) is 5.92 Å². The molecule has 4 rings (SSSR count). The number of methoxy groups -OCH3 is 1. The number of phenols is 1. The van der Waals surface area contributed by atoms with Crippen LogP contribution in [0.4, 0.5) is 9.93 Å². The Kier molecular flexibility index (Phi) is 7.64. The SMILES string of the molecule is COC(=O)c1csc(NC(=O)C(CC2CCCCC2)N2C(=O)NC(Cc3cccc(O)c3)C2=O)n1. The molecular formula is C24H28N4O6S. The number of carbonyl (C=O) groups excluding carboxylic acids is 4. The van der Waals surface area contributed by atoms with Crippen LogP contribution in [0.1, 0.15) is 54.6 Å². The van der Waals surface area contributed by atoms with E-state index in [2.05, 4.69) is 20.4 Å². The summed E-state index contributed by atoms with van der Waals surface area (Å²) >= 11 is 1.06. The first-order chi connectivity index (χ1) is 16.9. The Labute approximate surface area is 206 Å². The summed E-state index contributed by atoms with van der Waals surface area (Å²) in [4.78, 5) is 56.4. The number of hydrogen-bond acceptors (Lipinski definition) is 8. The molecule has 3 N–H and O–H groups in total. The van der Waals surface area contributed by atoms with E-state index in [9.17, 15) is 24.3 Å². The average molecular weight is 501 g/mol. The van der Waals surface area contributed by atoms with E-state index in [1.807, 2.05) is 0 Å². The van der Waals surface area contributed by atoms with Gasteiger partial charge >= 0.3 is 12.0 Å². The minimum Gasteiger partial charge on any atom is -0.508 e. The van der Waals surface area contributed by atoms with Crippen LogP contribution in [-0.2, 0) is 20.7 Å². The first-order valence-corrected chi connectivity index (χ1v) is 12.5. The van der Waals surface area contributed by atoms with Gasteiger partial charge in [0.05, 0.1) is 7.11 Å². The predicted molar refractivity (Wildman–Crippen MR) is 128 cm³/mol. The predicted octanol–water partition coefficient (Wildman–Crippen LogP) is 3.08. The van der Waals surface area contributed by atoms with E-state index >= 15 is 0 Å². The van der Waals surface area contributed by atoms with Crippen molar-refractivity contribution in [1.82, 2.24) is 15.2 Å². The molecule has 10 nitrogen and oxygen atoms in total. The molecule has 2 atom stereocenters. The number of carbonyl (C=O) groups is 4. The summed E-state index contributed by atoms with van der Waals surface area (Å²) in [5.74, 6) is -1.34. The first kappa shape index (κ1) is 24.6. The Morgan fingerprint density at radius 1 is 1.29 bits per heavy atom. The van der Waals surface area contributed by atoms with Gasteiger partial charge in [0.2, 0.25) is 5.91 Å². The number of imide groups is 1. The van der Waals surface area contributed by atoms with Crippen LogP contribution in [0.15, 0.2) is 29.6 Å². The number of aromatic hydroxyl groups is 1. The molecule has 1 aliphatic carbocycles. The minimum absolute atomic E-state index is 0.0674. The van der Waals surface area contributed by atoms with Crippen molar-refractivity contribution in [3.8, 4) is 5.75 Å². The largest absolute Gasteiger partial charge is 0.508 e. The summed E-state index contributed by atoms with van der Waals surface area (Å²) in [5, 5.41) is 16.7. The van der Waals surface area contributed by atoms with Gasteiger partial charge in [0.15, 0.2) is 10.8 Å². The Morgan fingerprint density at radius 3 is 2.77 bits per heavy atom. The van der Waals surface area contributed by atoms with Gasteiger partial charge in [0, 0.05) is 11.8 Å². The maximum Gasteiger partial charge on any atom is 0.357 e. The number of nitrogens with zero attached hydrogens (tertiary/aromatic N) is 2. The van der Waals surface area contributed by atoms with Gasteiger partial charge in [0.25, 0.3) is 5.91 Å². The zero-order valence-corrected chi connectivity index (χ0v) is 20.2. The smallest absolute Gasteiger partial charge is 0.357 e. The summed E-state index contributed by atoms with van der Waals surface area (Å²) in [6.07, 6.45) is 5.66. The lowest BCUT2D eigenvalue weighted by Gasteiger charge is -2.30. The fourth-order valence-corrected chi connectivity index (χ4v) is 5.37. The lowest BCUT2D eigenvalue weighted by Crippen LogP contribution is -2.49. The zero-order valence-electron chi connectivity index (χ0n) is 19.4. The lowest BCUT2D eigenvalue weighted by molar-refractivity contribution is -0.134. The highest BCUT2D eigenvalue weighted by molar-refractivity contribution is 7.14. The van der Waals surface area contributed by atoms with Gasteiger partial charge in [-0.25, -0.2) is 19.5 Å². The molecule has 1 aliphatic heterocycles. The topological polar surface area (TPSA) is 138 Å². The van der Waals surface area contributed by atoms with E-state index in [1.54, 1.807) is 12.1 Å². The van der Waals surface area contributed by atoms with Crippen molar-refractivity contribution in [2.24, 2.45) is 5.92 Å². The highest BCUT2D eigenvalue weighted by Crippen LogP contribution is 2.31. The van der Waals surface area contributed by atoms with E-state index in [0.717, 1.165) is 48.3 Å². The van der Waals surface area contributed by atoms with Gasteiger partial charge in [0.1, 0.15) is 17.8 Å². The van der Waals surface area contributed by atoms with E-state index in [4.69, 9.17) is 0 Å². The van der Waals surface area contributed by atoms with Crippen molar-refractivity contribution in [2.45, 2.75) is 57.0 Å². The Bertz CT molecular complexity index is 1110. The van der Waals surface area contributed by atoms with E-state index in [1.165, 1.54) is 24.6 Å². The molecule has 1 aromatic heterocycles. The number of hydrogen-bond donors (Lipinski definition) is 3. The molecule has 2 heterocycles. The fourth-order valence-electron chi connectivity index (χ4n) is 4.69. The number of anilines is 1. The van der Waals surface area contributed by atoms with Crippen LogP contribution in [0.5, 0.6) is 5.75 Å². The molecule has 2 aromatic rings. The van der Waals surface area contributed by atoms with Gasteiger partial charge < -0.3 is 20.5 Å². The summed E-state index contributed by atoms with van der Waals surface area (Å²) in [6.45, 7) is 0. The molecule has 11 heteroatoms. The number of benzene rings is 1. The molecule has 4 amide bonds. The number of urea groups is 1. The molecule has 186 valence electrons. The van der Waals surface area contributed by atoms with E-state index in [-0.39, 0.29) is 28.9 Å². The second-order valence-corrected chi connectivity index (χ2v) is 9.72. The minimum atomic E-state index is -1.01. The van der Waals surface area contributed by atoms with Crippen LogP contribution in [-0.4, -0.2) is 58.0 Å². The molecule has 0 bridgehead atoms. The van der Waals surface area contributed by atoms with Gasteiger partial charge in [-0.1, -0.05) is 44.2 Å². The van der Waals surface area contributed by atoms with Crippen LogP contribution >= 0.6 is 11.3 Å². The highest BCUT2D eigenvalue weighted by atomic mass is 32.1. The van der Waals surface area contributed by atoms with Gasteiger partial charge in [-0.2, -0.15) is 0 Å². The average Bonchev–Trinajstić information content (AvgIpc) is 3.42. The molecule has 0 spiro atoms. The Balaban J connectivity index is 1.53. The molecule has 1 saturated carbocycles. The normalized spacial score (nSPS) is 19.3. The number of rotatable bonds is 8. The molecule has 1 aromatic carbocycles. The Morgan fingerprint density at radius 2 is 2.06 bits per heavy atom. The van der Waals surface area contributed by atoms with Crippen molar-refractivity contribution in [3.63, 3.8) is 0 Å². The van der Waals surface area contributed by atoms with Crippen molar-refractivity contribution >= 4 is 40.3 Å². The Hall–Kier alpha value is -3.47. The quantitative estimate of drug-likeness (QED) is 0.374. The van der Waals surface area contributed by atoms with Gasteiger partial charge in [-0.05, 0) is 30.0 Å². The maximum absolute atomic E-state index is 13.4. The van der Waals surface area contributed by atoms with Crippen molar-refractivity contribution in [3.05, 3.63) is 40.9 Å². The standard InChI is InChI=1S/C24H28N4O6S/c1-34-22(32)18-13-35-23(25-18)27-20(30)19(12-14-6-3-2-4-7-14)28-21(31)17(26-24(28)33)11-15-8-5-9-16(29)10-15/h5,8-10,13-14,17,19,29H,2-4,6-7,11-12H2,1H3,(H,26,33)(H,25,27,30). The zero-order chi connectivity index (χ0) is 24.9. The lowest BCUT2D eigenvalue weighted by atomic mass is 9.84.